The van der Waals surface area contributed by atoms with Crippen molar-refractivity contribution in [3.05, 3.63) is 106 Å². The van der Waals surface area contributed by atoms with E-state index >= 15 is 0 Å². The maximum atomic E-state index is 13.4. The van der Waals surface area contributed by atoms with E-state index in [-0.39, 0.29) is 16.9 Å². The molecule has 5 rings (SSSR count). The van der Waals surface area contributed by atoms with E-state index in [2.05, 4.69) is 33.5 Å². The topological polar surface area (TPSA) is 152 Å². The standard InChI is InChI=1S/C23H20N4O.C8H11N5O/c1-4-21-25-20-12-8-9-17(13-14-19-15-24-16(2)26(19)3)22(20)23(28)27(21)18-10-6-5-7-11-18;1-3-4-11-8-5(7(10)14)6(9)12-13(8)2/h5-12,15H,4H2,1-3H3;3-4H,1H2,2H3,(H2,9,12)(H2,10,14)/b;11-4-. The van der Waals surface area contributed by atoms with Crippen LogP contribution >= 0.6 is 0 Å². The smallest absolute Gasteiger partial charge is 0.267 e. The number of carbonyl (C=O) groups excluding carboxylic acids is 1. The van der Waals surface area contributed by atoms with Gasteiger partial charge < -0.3 is 16.0 Å². The van der Waals surface area contributed by atoms with Crippen molar-refractivity contribution >= 4 is 34.7 Å². The number of nitrogens with zero attached hydrogens (tertiary/aromatic N) is 7. The summed E-state index contributed by atoms with van der Waals surface area (Å²) in [4.78, 5) is 37.4. The van der Waals surface area contributed by atoms with Crippen molar-refractivity contribution in [1.29, 1.82) is 0 Å². The number of aliphatic imine (C=N–C) groups is 1. The molecule has 4 N–H and O–H groups in total. The summed E-state index contributed by atoms with van der Waals surface area (Å²) in [5.74, 6) is 7.67. The number of hydrogen-bond acceptors (Lipinski definition) is 7. The molecule has 11 nitrogen and oxygen atoms in total. The molecule has 3 heterocycles. The molecule has 0 saturated heterocycles. The lowest BCUT2D eigenvalue weighted by Gasteiger charge is -2.13. The Bertz CT molecular complexity index is 1930. The van der Waals surface area contributed by atoms with Gasteiger partial charge in [0.2, 0.25) is 0 Å². The molecule has 5 aromatic rings. The van der Waals surface area contributed by atoms with Crippen molar-refractivity contribution in [2.75, 3.05) is 5.73 Å². The van der Waals surface area contributed by atoms with Gasteiger partial charge in [0.05, 0.1) is 22.8 Å². The number of primary amides is 1. The highest BCUT2D eigenvalue weighted by Gasteiger charge is 2.17. The maximum Gasteiger partial charge on any atom is 0.267 e. The quantitative estimate of drug-likeness (QED) is 0.248. The van der Waals surface area contributed by atoms with Gasteiger partial charge in [0.25, 0.3) is 11.5 Å². The highest BCUT2D eigenvalue weighted by molar-refractivity contribution is 6.02. The van der Waals surface area contributed by atoms with Crippen LogP contribution in [0.1, 0.15) is 40.2 Å². The number of imidazole rings is 1. The zero-order valence-electron chi connectivity index (χ0n) is 23.9. The van der Waals surface area contributed by atoms with Crippen LogP contribution in [0.15, 0.2) is 77.2 Å². The van der Waals surface area contributed by atoms with Crippen molar-refractivity contribution in [3.63, 3.8) is 0 Å². The Morgan fingerprint density at radius 2 is 1.86 bits per heavy atom. The second kappa shape index (κ2) is 12.6. The fourth-order valence-corrected chi connectivity index (χ4v) is 4.25. The van der Waals surface area contributed by atoms with E-state index in [4.69, 9.17) is 16.5 Å². The van der Waals surface area contributed by atoms with E-state index < -0.39 is 5.91 Å². The molecule has 0 fully saturated rings. The molecular weight excluding hydrogens is 530 g/mol. The molecule has 3 aromatic heterocycles. The lowest BCUT2D eigenvalue weighted by Crippen LogP contribution is -2.24. The van der Waals surface area contributed by atoms with Crippen molar-refractivity contribution < 1.29 is 4.79 Å². The maximum absolute atomic E-state index is 13.4. The minimum absolute atomic E-state index is 0.0798. The second-order valence-corrected chi connectivity index (χ2v) is 9.14. The summed E-state index contributed by atoms with van der Waals surface area (Å²) in [7, 11) is 3.55. The molecule has 0 aliphatic carbocycles. The number of carbonyl (C=O) groups is 1. The summed E-state index contributed by atoms with van der Waals surface area (Å²) in [5.41, 5.74) is 13.6. The van der Waals surface area contributed by atoms with Gasteiger partial charge in [-0.3, -0.25) is 14.2 Å². The Balaban J connectivity index is 0.000000244. The number of rotatable bonds is 5. The number of hydrogen-bond donors (Lipinski definition) is 2. The summed E-state index contributed by atoms with van der Waals surface area (Å²) in [5, 5.41) is 4.37. The summed E-state index contributed by atoms with van der Waals surface area (Å²) < 4.78 is 4.99. The van der Waals surface area contributed by atoms with Crippen LogP contribution in [0.2, 0.25) is 0 Å². The summed E-state index contributed by atoms with van der Waals surface area (Å²) in [6, 6.07) is 15.2. The molecule has 0 radical (unpaired) electrons. The average Bonchev–Trinajstić information content (AvgIpc) is 3.46. The van der Waals surface area contributed by atoms with Crippen molar-refractivity contribution in [1.82, 2.24) is 28.9 Å². The Morgan fingerprint density at radius 1 is 1.12 bits per heavy atom. The largest absolute Gasteiger partial charge is 0.381 e. The summed E-state index contributed by atoms with van der Waals surface area (Å²) in [6.07, 6.45) is 5.31. The van der Waals surface area contributed by atoms with E-state index in [1.54, 1.807) is 17.8 Å². The van der Waals surface area contributed by atoms with Gasteiger partial charge in [-0.15, -0.1) is 0 Å². The third-order valence-electron chi connectivity index (χ3n) is 6.44. The molecule has 2 aromatic carbocycles. The molecule has 0 aliphatic rings. The van der Waals surface area contributed by atoms with E-state index in [9.17, 15) is 9.59 Å². The molecule has 0 saturated carbocycles. The van der Waals surface area contributed by atoms with Gasteiger partial charge in [-0.25, -0.2) is 19.6 Å². The first-order valence-electron chi connectivity index (χ1n) is 13.1. The third-order valence-corrected chi connectivity index (χ3v) is 6.44. The number of benzene rings is 2. The first kappa shape index (κ1) is 29.2. The Hall–Kier alpha value is -5.76. The fraction of sp³-hybridized carbons (Fsp3) is 0.161. The van der Waals surface area contributed by atoms with Crippen LogP contribution in [-0.4, -0.2) is 41.0 Å². The number of aromatic nitrogens is 6. The van der Waals surface area contributed by atoms with Gasteiger partial charge in [-0.1, -0.05) is 49.8 Å². The monoisotopic (exact) mass is 561 g/mol. The van der Waals surface area contributed by atoms with E-state index in [0.717, 1.165) is 23.0 Å². The first-order valence-corrected chi connectivity index (χ1v) is 13.1. The number of nitrogen functional groups attached to an aromatic ring is 1. The molecule has 1 amide bonds. The van der Waals surface area contributed by atoms with Crippen LogP contribution in [0.4, 0.5) is 11.6 Å². The Morgan fingerprint density at radius 3 is 2.48 bits per heavy atom. The van der Waals surface area contributed by atoms with Crippen molar-refractivity contribution in [2.24, 2.45) is 24.8 Å². The normalized spacial score (nSPS) is 10.7. The zero-order chi connectivity index (χ0) is 30.4. The van der Waals surface area contributed by atoms with Gasteiger partial charge >= 0.3 is 0 Å². The van der Waals surface area contributed by atoms with Gasteiger partial charge in [-0.05, 0) is 37.1 Å². The first-order chi connectivity index (χ1) is 20.2. The average molecular weight is 562 g/mol. The summed E-state index contributed by atoms with van der Waals surface area (Å²) >= 11 is 0. The summed E-state index contributed by atoms with van der Waals surface area (Å²) in [6.45, 7) is 7.39. The number of para-hydroxylation sites is 1. The predicted octanol–water partition coefficient (Wildman–Crippen LogP) is 3.38. The lowest BCUT2D eigenvalue weighted by atomic mass is 10.1. The van der Waals surface area contributed by atoms with Crippen molar-refractivity contribution in [2.45, 2.75) is 20.3 Å². The van der Waals surface area contributed by atoms with E-state index in [0.29, 0.717) is 28.7 Å². The highest BCUT2D eigenvalue weighted by Crippen LogP contribution is 2.23. The zero-order valence-corrected chi connectivity index (χ0v) is 23.9. The van der Waals surface area contributed by atoms with Gasteiger partial charge in [0.1, 0.15) is 22.9 Å². The molecular formula is C31H31N9O2. The molecule has 0 bridgehead atoms. The lowest BCUT2D eigenvalue weighted by molar-refractivity contribution is 0.100. The van der Waals surface area contributed by atoms with Crippen LogP contribution in [0.5, 0.6) is 0 Å². The van der Waals surface area contributed by atoms with E-state index in [1.165, 1.54) is 17.0 Å². The fourth-order valence-electron chi connectivity index (χ4n) is 4.25. The number of anilines is 1. The molecule has 0 spiro atoms. The minimum Gasteiger partial charge on any atom is -0.381 e. The minimum atomic E-state index is -0.646. The predicted molar refractivity (Wildman–Crippen MR) is 165 cm³/mol. The van der Waals surface area contributed by atoms with Crippen LogP contribution in [0.25, 0.3) is 16.6 Å². The van der Waals surface area contributed by atoms with Crippen LogP contribution < -0.4 is 17.0 Å². The Kier molecular flexibility index (Phi) is 8.78. The van der Waals surface area contributed by atoms with Crippen LogP contribution in [0.3, 0.4) is 0 Å². The SMILES string of the molecule is C=C/C=N\c1c(C(N)=O)c(N)nn1C.CCc1nc2cccc(C#Cc3cnc(C)n3C)c2c(=O)n1-c1ccccc1. The number of amides is 1. The molecule has 0 aliphatic heterocycles. The van der Waals surface area contributed by atoms with E-state index in [1.807, 2.05) is 74.0 Å². The van der Waals surface area contributed by atoms with Crippen molar-refractivity contribution in [3.8, 4) is 17.5 Å². The number of aryl methyl sites for hydroxylation is 3. The number of allylic oxidation sites excluding steroid dienone is 1. The van der Waals surface area contributed by atoms with Crippen LogP contribution in [-0.2, 0) is 20.5 Å². The van der Waals surface area contributed by atoms with Crippen LogP contribution in [0, 0.1) is 18.8 Å². The van der Waals surface area contributed by atoms with Gasteiger partial charge in [-0.2, -0.15) is 5.10 Å². The number of nitrogens with two attached hydrogens (primary N) is 2. The molecule has 42 heavy (non-hydrogen) atoms. The molecule has 11 heteroatoms. The van der Waals surface area contributed by atoms with Gasteiger partial charge in [0, 0.05) is 32.3 Å². The Labute approximate surface area is 242 Å². The van der Waals surface area contributed by atoms with Gasteiger partial charge in [0.15, 0.2) is 11.6 Å². The highest BCUT2D eigenvalue weighted by atomic mass is 16.1. The second-order valence-electron chi connectivity index (χ2n) is 9.14. The molecule has 0 unspecified atom stereocenters. The molecule has 0 atom stereocenters. The molecule has 212 valence electrons. The third kappa shape index (κ3) is 5.88. The number of fused-ring (bicyclic) bond motifs is 1.